The van der Waals surface area contributed by atoms with Crippen molar-refractivity contribution in [1.82, 2.24) is 0 Å². The van der Waals surface area contributed by atoms with Crippen molar-refractivity contribution in [3.63, 3.8) is 0 Å². The van der Waals surface area contributed by atoms with Crippen molar-refractivity contribution < 1.29 is 4.74 Å². The summed E-state index contributed by atoms with van der Waals surface area (Å²) >= 11 is 0. The van der Waals surface area contributed by atoms with E-state index in [9.17, 15) is 0 Å². The topological polar surface area (TPSA) is 21.3 Å². The normalized spacial score (nSPS) is 23.8. The molecule has 0 radical (unpaired) electrons. The Bertz CT molecular complexity index is 591. The molecule has 2 unspecified atom stereocenters. The van der Waals surface area contributed by atoms with Gasteiger partial charge in [0.1, 0.15) is 0 Å². The maximum atomic E-state index is 5.84. The molecular formula is C18H21NO. The average Bonchev–Trinajstić information content (AvgIpc) is 2.47. The number of para-hydroxylation sites is 1. The van der Waals surface area contributed by atoms with Crippen LogP contribution in [0.25, 0.3) is 0 Å². The molecule has 2 heteroatoms. The van der Waals surface area contributed by atoms with Crippen LogP contribution in [0.1, 0.15) is 37.1 Å². The van der Waals surface area contributed by atoms with Gasteiger partial charge in [0.25, 0.3) is 0 Å². The van der Waals surface area contributed by atoms with Gasteiger partial charge in [-0.1, -0.05) is 62.4 Å². The number of hydrogen-bond donors (Lipinski definition) is 1. The summed E-state index contributed by atoms with van der Waals surface area (Å²) in [6, 6.07) is 19.3. The van der Waals surface area contributed by atoms with E-state index < -0.39 is 0 Å². The number of benzene rings is 2. The number of fused-ring (bicyclic) bond motifs is 1. The molecule has 1 N–H and O–H groups in total. The predicted octanol–water partition coefficient (Wildman–Crippen LogP) is 4.57. The van der Waals surface area contributed by atoms with Crippen molar-refractivity contribution >= 4 is 5.69 Å². The average molecular weight is 267 g/mol. The van der Waals surface area contributed by atoms with Crippen molar-refractivity contribution in [2.75, 3.05) is 12.4 Å². The summed E-state index contributed by atoms with van der Waals surface area (Å²) in [4.78, 5) is 0. The molecule has 1 aliphatic heterocycles. The Morgan fingerprint density at radius 2 is 1.60 bits per heavy atom. The van der Waals surface area contributed by atoms with E-state index in [1.54, 1.807) is 7.11 Å². The van der Waals surface area contributed by atoms with Gasteiger partial charge in [-0.15, -0.1) is 0 Å². The summed E-state index contributed by atoms with van der Waals surface area (Å²) in [5, 5.41) is 3.69. The molecular weight excluding hydrogens is 246 g/mol. The molecule has 20 heavy (non-hydrogen) atoms. The number of ether oxygens (including phenoxy) is 1. The van der Waals surface area contributed by atoms with E-state index in [1.165, 1.54) is 16.8 Å². The van der Waals surface area contributed by atoms with Crippen LogP contribution in [0.15, 0.2) is 54.6 Å². The maximum Gasteiger partial charge on any atom is 0.0914 e. The molecule has 1 heterocycles. The standard InChI is InChI=1S/C18H21NO/c1-18(2)16(13-9-5-4-6-10-13)19-15-12-8-7-11-14(15)17(18)20-3/h4-12,16-17,19H,1-3H3. The summed E-state index contributed by atoms with van der Waals surface area (Å²) < 4.78 is 5.84. The van der Waals surface area contributed by atoms with Crippen LogP contribution in [0.3, 0.4) is 0 Å². The third-order valence-corrected chi connectivity index (χ3v) is 4.33. The van der Waals surface area contributed by atoms with Gasteiger partial charge >= 0.3 is 0 Å². The van der Waals surface area contributed by atoms with E-state index in [0.717, 1.165) is 0 Å². The fourth-order valence-electron chi connectivity index (χ4n) is 3.34. The minimum absolute atomic E-state index is 0.0234. The molecule has 0 fully saturated rings. The van der Waals surface area contributed by atoms with E-state index in [-0.39, 0.29) is 17.6 Å². The number of hydrogen-bond acceptors (Lipinski definition) is 2. The molecule has 2 aromatic carbocycles. The summed E-state index contributed by atoms with van der Waals surface area (Å²) in [6.45, 7) is 4.53. The molecule has 0 bridgehead atoms. The molecule has 0 saturated heterocycles. The highest BCUT2D eigenvalue weighted by Gasteiger charge is 2.43. The Morgan fingerprint density at radius 1 is 0.950 bits per heavy atom. The monoisotopic (exact) mass is 267 g/mol. The Labute approximate surface area is 120 Å². The SMILES string of the molecule is COC1c2ccccc2NC(c2ccccc2)C1(C)C. The van der Waals surface area contributed by atoms with Gasteiger partial charge in [-0.05, 0) is 11.6 Å². The quantitative estimate of drug-likeness (QED) is 0.860. The van der Waals surface area contributed by atoms with E-state index in [1.807, 2.05) is 0 Å². The second-order valence-electron chi connectivity index (χ2n) is 6.01. The molecule has 104 valence electrons. The summed E-state index contributed by atoms with van der Waals surface area (Å²) in [5.41, 5.74) is 3.69. The van der Waals surface area contributed by atoms with Gasteiger partial charge in [-0.25, -0.2) is 0 Å². The van der Waals surface area contributed by atoms with E-state index in [0.29, 0.717) is 0 Å². The van der Waals surface area contributed by atoms with Crippen molar-refractivity contribution in [3.8, 4) is 0 Å². The molecule has 1 aliphatic rings. The molecule has 0 spiro atoms. The first kappa shape index (κ1) is 13.2. The molecule has 3 rings (SSSR count). The smallest absolute Gasteiger partial charge is 0.0914 e. The fourth-order valence-corrected chi connectivity index (χ4v) is 3.34. The zero-order chi connectivity index (χ0) is 14.2. The lowest BCUT2D eigenvalue weighted by Gasteiger charge is -2.46. The molecule has 2 nitrogen and oxygen atoms in total. The highest BCUT2D eigenvalue weighted by atomic mass is 16.5. The second kappa shape index (κ2) is 4.95. The first-order valence-electron chi connectivity index (χ1n) is 7.08. The Balaban J connectivity index is 2.10. The van der Waals surface area contributed by atoms with Gasteiger partial charge in [-0.3, -0.25) is 0 Å². The van der Waals surface area contributed by atoms with E-state index in [2.05, 4.69) is 73.8 Å². The highest BCUT2D eigenvalue weighted by molar-refractivity contribution is 5.57. The van der Waals surface area contributed by atoms with Crippen LogP contribution >= 0.6 is 0 Å². The summed E-state index contributed by atoms with van der Waals surface area (Å²) in [6.07, 6.45) is 0.0881. The van der Waals surface area contributed by atoms with E-state index in [4.69, 9.17) is 4.74 Å². The van der Waals surface area contributed by atoms with Crippen LogP contribution < -0.4 is 5.32 Å². The fraction of sp³-hybridized carbons (Fsp3) is 0.333. The molecule has 0 amide bonds. The van der Waals surface area contributed by atoms with Gasteiger partial charge in [-0.2, -0.15) is 0 Å². The molecule has 2 aromatic rings. The second-order valence-corrected chi connectivity index (χ2v) is 6.01. The summed E-state index contributed by atoms with van der Waals surface area (Å²) in [7, 11) is 1.80. The van der Waals surface area contributed by atoms with Crippen molar-refractivity contribution in [1.29, 1.82) is 0 Å². The largest absolute Gasteiger partial charge is 0.377 e. The Morgan fingerprint density at radius 3 is 2.30 bits per heavy atom. The molecule has 0 saturated carbocycles. The molecule has 0 aliphatic carbocycles. The predicted molar refractivity (Wildman–Crippen MR) is 82.8 cm³/mol. The third-order valence-electron chi connectivity index (χ3n) is 4.33. The first-order chi connectivity index (χ1) is 9.64. The number of methoxy groups -OCH3 is 1. The van der Waals surface area contributed by atoms with Gasteiger partial charge in [0.15, 0.2) is 0 Å². The maximum absolute atomic E-state index is 5.84. The third kappa shape index (κ3) is 2.01. The zero-order valence-corrected chi connectivity index (χ0v) is 12.3. The van der Waals surface area contributed by atoms with Crippen LogP contribution in [0, 0.1) is 5.41 Å². The minimum atomic E-state index is -0.0234. The lowest BCUT2D eigenvalue weighted by atomic mass is 9.70. The lowest BCUT2D eigenvalue weighted by Crippen LogP contribution is -2.39. The molecule has 0 aromatic heterocycles. The zero-order valence-electron chi connectivity index (χ0n) is 12.3. The van der Waals surface area contributed by atoms with Crippen LogP contribution in [0.4, 0.5) is 5.69 Å². The van der Waals surface area contributed by atoms with Gasteiger partial charge in [0, 0.05) is 23.8 Å². The van der Waals surface area contributed by atoms with Crippen LogP contribution in [0.2, 0.25) is 0 Å². The van der Waals surface area contributed by atoms with Crippen molar-refractivity contribution in [2.24, 2.45) is 5.41 Å². The highest BCUT2D eigenvalue weighted by Crippen LogP contribution is 2.52. The number of anilines is 1. The van der Waals surface area contributed by atoms with Gasteiger partial charge < -0.3 is 10.1 Å². The lowest BCUT2D eigenvalue weighted by molar-refractivity contribution is -0.0107. The molecule has 2 atom stereocenters. The Hall–Kier alpha value is -1.80. The van der Waals surface area contributed by atoms with Crippen LogP contribution in [-0.2, 0) is 4.74 Å². The Kier molecular flexibility index (Phi) is 3.27. The van der Waals surface area contributed by atoms with Gasteiger partial charge in [0.2, 0.25) is 0 Å². The van der Waals surface area contributed by atoms with Gasteiger partial charge in [0.05, 0.1) is 12.1 Å². The van der Waals surface area contributed by atoms with Crippen LogP contribution in [0.5, 0.6) is 0 Å². The van der Waals surface area contributed by atoms with E-state index >= 15 is 0 Å². The van der Waals surface area contributed by atoms with Crippen LogP contribution in [-0.4, -0.2) is 7.11 Å². The number of nitrogens with one attached hydrogen (secondary N) is 1. The number of rotatable bonds is 2. The first-order valence-corrected chi connectivity index (χ1v) is 7.08. The van der Waals surface area contributed by atoms with Crippen molar-refractivity contribution in [3.05, 3.63) is 65.7 Å². The minimum Gasteiger partial charge on any atom is -0.377 e. The van der Waals surface area contributed by atoms with Crippen molar-refractivity contribution in [2.45, 2.75) is 26.0 Å². The summed E-state index contributed by atoms with van der Waals surface area (Å²) in [5.74, 6) is 0.